The topological polar surface area (TPSA) is 115 Å². The van der Waals surface area contributed by atoms with Crippen molar-refractivity contribution >= 4 is 38.9 Å². The van der Waals surface area contributed by atoms with Crippen molar-refractivity contribution in [2.24, 2.45) is 0 Å². The molecule has 0 fully saturated rings. The Morgan fingerprint density at radius 1 is 1.21 bits per heavy atom. The Bertz CT molecular complexity index is 1290. The monoisotopic (exact) mass is 490 g/mol. The van der Waals surface area contributed by atoms with Gasteiger partial charge in [0, 0.05) is 18.2 Å². The lowest BCUT2D eigenvalue weighted by Gasteiger charge is -2.29. The van der Waals surface area contributed by atoms with Crippen LogP contribution in [0.1, 0.15) is 44.0 Å². The Hall–Kier alpha value is -3.11. The van der Waals surface area contributed by atoms with Crippen LogP contribution in [0.5, 0.6) is 5.75 Å². The molecule has 4 rings (SSSR count). The fourth-order valence-electron chi connectivity index (χ4n) is 3.37. The van der Waals surface area contributed by atoms with E-state index in [4.69, 9.17) is 20.9 Å². The molecule has 0 radical (unpaired) electrons. The van der Waals surface area contributed by atoms with Gasteiger partial charge in [0.1, 0.15) is 10.6 Å². The lowest BCUT2D eigenvalue weighted by atomic mass is 10.0. The third-order valence-corrected chi connectivity index (χ3v) is 7.03. The molecule has 2 aromatic carbocycles. The number of benzene rings is 2. The second kappa shape index (κ2) is 9.03. The second-order valence-electron chi connectivity index (χ2n) is 7.86. The molecule has 2 heterocycles. The van der Waals surface area contributed by atoms with Gasteiger partial charge in [-0.1, -0.05) is 49.7 Å². The minimum atomic E-state index is -4.01. The number of aryl methyl sites for hydroxylation is 1. The van der Waals surface area contributed by atoms with Crippen LogP contribution in [0.2, 0.25) is 5.02 Å². The SMILES string of the molecule is CCc1nc(CN2C(=O)COc3cc(S(=O)(=O)Nc4ccc(C(C)C)cc4)c(Cl)cc32)no1. The first-order valence-corrected chi connectivity index (χ1v) is 12.2. The predicted octanol–water partition coefficient (Wildman–Crippen LogP) is 4.14. The summed E-state index contributed by atoms with van der Waals surface area (Å²) in [5.74, 6) is 0.994. The van der Waals surface area contributed by atoms with Crippen LogP contribution in [-0.2, 0) is 27.8 Å². The van der Waals surface area contributed by atoms with Gasteiger partial charge in [-0.05, 0) is 29.7 Å². The van der Waals surface area contributed by atoms with E-state index in [2.05, 4.69) is 28.7 Å². The van der Waals surface area contributed by atoms with Crippen molar-refractivity contribution in [3.63, 3.8) is 0 Å². The molecule has 11 heteroatoms. The van der Waals surface area contributed by atoms with Gasteiger partial charge in [0.2, 0.25) is 5.89 Å². The number of fused-ring (bicyclic) bond motifs is 1. The minimum Gasteiger partial charge on any atom is -0.482 e. The molecule has 1 amide bonds. The fourth-order valence-corrected chi connectivity index (χ4v) is 4.96. The van der Waals surface area contributed by atoms with E-state index in [1.807, 2.05) is 19.1 Å². The summed E-state index contributed by atoms with van der Waals surface area (Å²) in [6.45, 7) is 5.78. The highest BCUT2D eigenvalue weighted by Crippen LogP contribution is 2.39. The van der Waals surface area contributed by atoms with E-state index in [9.17, 15) is 13.2 Å². The van der Waals surface area contributed by atoms with Crippen LogP contribution in [0, 0.1) is 0 Å². The standard InChI is InChI=1S/C22H23ClN4O5S/c1-4-21-24-20(25-32-21)11-27-17-9-16(23)19(10-18(17)31-12-22(27)28)33(29,30)26-15-7-5-14(6-8-15)13(2)3/h5-10,13,26H,4,11-12H2,1-3H3. The molecule has 0 unspecified atom stereocenters. The number of rotatable bonds is 7. The van der Waals surface area contributed by atoms with Crippen LogP contribution in [0.25, 0.3) is 0 Å². The molecule has 3 aromatic rings. The molecule has 0 atom stereocenters. The lowest BCUT2D eigenvalue weighted by molar-refractivity contribution is -0.121. The van der Waals surface area contributed by atoms with Crippen molar-refractivity contribution in [1.29, 1.82) is 0 Å². The van der Waals surface area contributed by atoms with Crippen LogP contribution >= 0.6 is 11.6 Å². The Labute approximate surface area is 196 Å². The second-order valence-corrected chi connectivity index (χ2v) is 9.92. The molecule has 0 saturated carbocycles. The van der Waals surface area contributed by atoms with Gasteiger partial charge >= 0.3 is 0 Å². The van der Waals surface area contributed by atoms with Crippen molar-refractivity contribution < 1.29 is 22.5 Å². The molecule has 9 nitrogen and oxygen atoms in total. The number of ether oxygens (including phenoxy) is 1. The van der Waals surface area contributed by atoms with Crippen molar-refractivity contribution in [3.05, 3.63) is 58.7 Å². The molecule has 1 aliphatic heterocycles. The molecular weight excluding hydrogens is 468 g/mol. The summed E-state index contributed by atoms with van der Waals surface area (Å²) < 4.78 is 39.2. The molecule has 1 aliphatic rings. The van der Waals surface area contributed by atoms with Crippen molar-refractivity contribution in [2.45, 2.75) is 44.6 Å². The van der Waals surface area contributed by atoms with Crippen LogP contribution in [0.4, 0.5) is 11.4 Å². The van der Waals surface area contributed by atoms with Gasteiger partial charge in [0.25, 0.3) is 15.9 Å². The number of nitrogens with one attached hydrogen (secondary N) is 1. The molecular formula is C22H23ClN4O5S. The summed E-state index contributed by atoms with van der Waals surface area (Å²) in [6, 6.07) is 9.84. The van der Waals surface area contributed by atoms with E-state index in [0.717, 1.165) is 5.56 Å². The summed E-state index contributed by atoms with van der Waals surface area (Å²) in [7, 11) is -4.01. The summed E-state index contributed by atoms with van der Waals surface area (Å²) in [5, 5.41) is 3.82. The van der Waals surface area contributed by atoms with Crippen LogP contribution < -0.4 is 14.4 Å². The van der Waals surface area contributed by atoms with Crippen molar-refractivity contribution in [1.82, 2.24) is 10.1 Å². The third kappa shape index (κ3) is 4.81. The zero-order chi connectivity index (χ0) is 23.8. The smallest absolute Gasteiger partial charge is 0.265 e. The van der Waals surface area contributed by atoms with Crippen LogP contribution in [0.15, 0.2) is 45.8 Å². The molecule has 0 aliphatic carbocycles. The summed E-state index contributed by atoms with van der Waals surface area (Å²) in [6.07, 6.45) is 0.570. The quantitative estimate of drug-likeness (QED) is 0.529. The first-order chi connectivity index (χ1) is 15.7. The van der Waals surface area contributed by atoms with Crippen molar-refractivity contribution in [3.8, 4) is 5.75 Å². The lowest BCUT2D eigenvalue weighted by Crippen LogP contribution is -2.38. The molecule has 0 saturated heterocycles. The number of amides is 1. The van der Waals surface area contributed by atoms with Crippen LogP contribution in [0.3, 0.4) is 0 Å². The Morgan fingerprint density at radius 2 is 1.94 bits per heavy atom. The number of carbonyl (C=O) groups is 1. The number of aromatic nitrogens is 2. The zero-order valence-electron chi connectivity index (χ0n) is 18.3. The van der Waals surface area contributed by atoms with Gasteiger partial charge < -0.3 is 9.26 Å². The molecule has 1 N–H and O–H groups in total. The number of hydrogen-bond donors (Lipinski definition) is 1. The number of carbonyl (C=O) groups excluding carboxylic acids is 1. The number of nitrogens with zero attached hydrogens (tertiary/aromatic N) is 3. The van der Waals surface area contributed by atoms with Gasteiger partial charge in [0.15, 0.2) is 12.4 Å². The van der Waals surface area contributed by atoms with Gasteiger partial charge in [-0.25, -0.2) is 8.42 Å². The van der Waals surface area contributed by atoms with E-state index in [0.29, 0.717) is 35.4 Å². The summed E-state index contributed by atoms with van der Waals surface area (Å²) >= 11 is 6.36. The van der Waals surface area contributed by atoms with Gasteiger partial charge in [-0.2, -0.15) is 4.98 Å². The largest absolute Gasteiger partial charge is 0.482 e. The Kier molecular flexibility index (Phi) is 6.31. The molecule has 174 valence electrons. The van der Waals surface area contributed by atoms with E-state index in [1.165, 1.54) is 17.0 Å². The number of sulfonamides is 1. The molecule has 0 spiro atoms. The minimum absolute atomic E-state index is 0.0432. The predicted molar refractivity (Wildman–Crippen MR) is 123 cm³/mol. The van der Waals surface area contributed by atoms with E-state index in [-0.39, 0.29) is 34.7 Å². The number of anilines is 2. The molecule has 33 heavy (non-hydrogen) atoms. The maximum Gasteiger partial charge on any atom is 0.265 e. The summed E-state index contributed by atoms with van der Waals surface area (Å²) in [4.78, 5) is 17.9. The first-order valence-electron chi connectivity index (χ1n) is 10.4. The van der Waals surface area contributed by atoms with E-state index in [1.54, 1.807) is 12.1 Å². The molecule has 1 aromatic heterocycles. The van der Waals surface area contributed by atoms with Gasteiger partial charge in [-0.3, -0.25) is 14.4 Å². The maximum absolute atomic E-state index is 13.0. The fraction of sp³-hybridized carbons (Fsp3) is 0.318. The van der Waals surface area contributed by atoms with E-state index < -0.39 is 10.0 Å². The zero-order valence-corrected chi connectivity index (χ0v) is 19.9. The normalized spacial score (nSPS) is 13.7. The number of halogens is 1. The maximum atomic E-state index is 13.0. The molecule has 0 bridgehead atoms. The average Bonchev–Trinajstić information content (AvgIpc) is 3.23. The Morgan fingerprint density at radius 3 is 2.58 bits per heavy atom. The third-order valence-electron chi connectivity index (χ3n) is 5.19. The first kappa shape index (κ1) is 23.1. The van der Waals surface area contributed by atoms with Gasteiger partial charge in [0.05, 0.1) is 17.3 Å². The van der Waals surface area contributed by atoms with Gasteiger partial charge in [-0.15, -0.1) is 0 Å². The highest BCUT2D eigenvalue weighted by atomic mass is 35.5. The highest BCUT2D eigenvalue weighted by molar-refractivity contribution is 7.92. The van der Waals surface area contributed by atoms with Crippen LogP contribution in [-0.4, -0.2) is 31.1 Å². The Balaban J connectivity index is 1.63. The average molecular weight is 491 g/mol. The number of hydrogen-bond acceptors (Lipinski definition) is 7. The van der Waals surface area contributed by atoms with Crippen molar-refractivity contribution in [2.75, 3.05) is 16.2 Å². The van der Waals surface area contributed by atoms with E-state index >= 15 is 0 Å². The summed E-state index contributed by atoms with van der Waals surface area (Å²) in [5.41, 5.74) is 1.84. The highest BCUT2D eigenvalue weighted by Gasteiger charge is 2.31.